The van der Waals surface area contributed by atoms with E-state index in [1.807, 2.05) is 40.9 Å². The van der Waals surface area contributed by atoms with Crippen molar-refractivity contribution in [2.45, 2.75) is 0 Å². The van der Waals surface area contributed by atoms with Crippen LogP contribution in [0.4, 0.5) is 0 Å². The number of rotatable bonds is 4. The second-order valence-electron chi connectivity index (χ2n) is 15.1. The summed E-state index contributed by atoms with van der Waals surface area (Å²) in [7, 11) is 0. The van der Waals surface area contributed by atoms with Crippen LogP contribution in [0.15, 0.2) is 182 Å². The normalized spacial score (nSPS) is 12.1. The van der Waals surface area contributed by atoms with Gasteiger partial charge in [0.25, 0.3) is 0 Å². The third-order valence-electron chi connectivity index (χ3n) is 11.8. The zero-order valence-electron chi connectivity index (χ0n) is 31.4. The lowest BCUT2D eigenvalue weighted by atomic mass is 9.97. The van der Waals surface area contributed by atoms with Crippen LogP contribution in [0, 0.1) is 0 Å². The fourth-order valence-electron chi connectivity index (χ4n) is 9.20. The second-order valence-corrected chi connectivity index (χ2v) is 17.2. The molecule has 0 aliphatic heterocycles. The molecule has 0 saturated carbocycles. The number of para-hydroxylation sites is 2. The van der Waals surface area contributed by atoms with Gasteiger partial charge in [-0.1, -0.05) is 140 Å². The fraction of sp³-hybridized carbons (Fsp3) is 0. The highest BCUT2D eigenvalue weighted by Gasteiger charge is 2.23. The molecule has 4 heterocycles. The molecule has 4 aromatic heterocycles. The number of benzene rings is 9. The van der Waals surface area contributed by atoms with Gasteiger partial charge in [-0.2, -0.15) is 0 Å². The number of nitrogens with zero attached hydrogens (tertiary/aromatic N) is 4. The maximum atomic E-state index is 5.50. The summed E-state index contributed by atoms with van der Waals surface area (Å²) >= 11 is 3.71. The van der Waals surface area contributed by atoms with E-state index in [1.165, 1.54) is 57.2 Å². The van der Waals surface area contributed by atoms with E-state index in [0.717, 1.165) is 48.9 Å². The summed E-state index contributed by atoms with van der Waals surface area (Å²) in [6.07, 6.45) is 0. The van der Waals surface area contributed by atoms with E-state index in [-0.39, 0.29) is 0 Å². The maximum absolute atomic E-state index is 5.50. The number of fused-ring (bicyclic) bond motifs is 13. The summed E-state index contributed by atoms with van der Waals surface area (Å²) in [5.41, 5.74) is 6.31. The van der Waals surface area contributed by atoms with Crippen LogP contribution >= 0.6 is 22.7 Å². The van der Waals surface area contributed by atoms with Crippen LogP contribution in [0.3, 0.4) is 0 Å². The van der Waals surface area contributed by atoms with E-state index >= 15 is 0 Å². The van der Waals surface area contributed by atoms with Crippen molar-refractivity contribution in [1.29, 1.82) is 0 Å². The molecular weight excluding hydrogens is 757 g/mol. The molecule has 59 heavy (non-hydrogen) atoms. The molecule has 13 rings (SSSR count). The van der Waals surface area contributed by atoms with Crippen molar-refractivity contribution in [3.8, 4) is 39.9 Å². The first-order valence-corrected chi connectivity index (χ1v) is 21.4. The Labute approximate surface area is 345 Å². The molecule has 6 heteroatoms. The van der Waals surface area contributed by atoms with E-state index in [2.05, 4.69) is 168 Å². The summed E-state index contributed by atoms with van der Waals surface area (Å²) in [5.74, 6) is 1.95. The summed E-state index contributed by atoms with van der Waals surface area (Å²) in [6, 6.07) is 65.3. The van der Waals surface area contributed by atoms with Gasteiger partial charge >= 0.3 is 0 Å². The van der Waals surface area contributed by atoms with Crippen molar-refractivity contribution >= 4 is 106 Å². The molecule has 274 valence electrons. The third kappa shape index (κ3) is 4.91. The SMILES string of the molecule is c1ccc(-c2nc(-c3cc4ccccc4c4ccccc34)nc(-c3cc(-n4c5ccccc5c5ccccc54)cc4c3sc3ccc5c6ccccc6sc5c34)n2)cc1. The molecule has 4 nitrogen and oxygen atoms in total. The summed E-state index contributed by atoms with van der Waals surface area (Å²) in [4.78, 5) is 16.2. The lowest BCUT2D eigenvalue weighted by Crippen LogP contribution is -2.02. The molecule has 0 unspecified atom stereocenters. The minimum absolute atomic E-state index is 0.645. The van der Waals surface area contributed by atoms with Crippen LogP contribution in [0.1, 0.15) is 0 Å². The molecular formula is C53H30N4S2. The van der Waals surface area contributed by atoms with Crippen molar-refractivity contribution in [2.24, 2.45) is 0 Å². The minimum atomic E-state index is 0.645. The van der Waals surface area contributed by atoms with Crippen LogP contribution in [0.25, 0.3) is 124 Å². The Morgan fingerprint density at radius 2 is 0.949 bits per heavy atom. The zero-order chi connectivity index (χ0) is 38.6. The van der Waals surface area contributed by atoms with Crippen molar-refractivity contribution in [1.82, 2.24) is 19.5 Å². The van der Waals surface area contributed by atoms with Gasteiger partial charge in [-0.15, -0.1) is 22.7 Å². The lowest BCUT2D eigenvalue weighted by molar-refractivity contribution is 1.08. The van der Waals surface area contributed by atoms with E-state index in [1.54, 1.807) is 0 Å². The smallest absolute Gasteiger partial charge is 0.165 e. The van der Waals surface area contributed by atoms with Gasteiger partial charge in [0.05, 0.1) is 11.0 Å². The van der Waals surface area contributed by atoms with E-state index < -0.39 is 0 Å². The molecule has 0 aliphatic carbocycles. The van der Waals surface area contributed by atoms with E-state index in [9.17, 15) is 0 Å². The molecule has 0 atom stereocenters. The average Bonchev–Trinajstić information content (AvgIpc) is 3.98. The van der Waals surface area contributed by atoms with Crippen LogP contribution in [-0.4, -0.2) is 19.5 Å². The highest BCUT2D eigenvalue weighted by Crippen LogP contribution is 2.48. The highest BCUT2D eigenvalue weighted by molar-refractivity contribution is 7.30. The van der Waals surface area contributed by atoms with E-state index in [4.69, 9.17) is 15.0 Å². The van der Waals surface area contributed by atoms with Crippen LogP contribution in [0.2, 0.25) is 0 Å². The standard InChI is InChI=1S/C53H30N4S2/c1-2-14-31(15-3-1)51-54-52(41-28-32-16-4-5-17-34(32)35-18-6-7-19-36(35)41)56-53(55-51)43-30-33(57-44-23-11-8-20-37(44)38-21-9-12-24-45(38)57)29-42-48-47(59-49(42)43)27-26-40-39-22-10-13-25-46(39)58-50(40)48/h1-30H. The van der Waals surface area contributed by atoms with Gasteiger partial charge in [0.15, 0.2) is 17.5 Å². The summed E-state index contributed by atoms with van der Waals surface area (Å²) < 4.78 is 7.43. The van der Waals surface area contributed by atoms with Crippen molar-refractivity contribution in [3.05, 3.63) is 182 Å². The van der Waals surface area contributed by atoms with Crippen molar-refractivity contribution in [3.63, 3.8) is 0 Å². The molecule has 0 radical (unpaired) electrons. The van der Waals surface area contributed by atoms with Crippen molar-refractivity contribution < 1.29 is 0 Å². The Morgan fingerprint density at radius 3 is 1.73 bits per heavy atom. The van der Waals surface area contributed by atoms with Gasteiger partial charge in [0.1, 0.15) is 0 Å². The predicted molar refractivity (Wildman–Crippen MR) is 251 cm³/mol. The highest BCUT2D eigenvalue weighted by atomic mass is 32.1. The maximum Gasteiger partial charge on any atom is 0.165 e. The van der Waals surface area contributed by atoms with Gasteiger partial charge < -0.3 is 4.57 Å². The first-order valence-electron chi connectivity index (χ1n) is 19.8. The van der Waals surface area contributed by atoms with Gasteiger partial charge in [-0.3, -0.25) is 0 Å². The number of thiophene rings is 2. The Morgan fingerprint density at radius 1 is 0.356 bits per heavy atom. The lowest BCUT2D eigenvalue weighted by Gasteiger charge is -2.14. The first kappa shape index (κ1) is 32.8. The zero-order valence-corrected chi connectivity index (χ0v) is 33.1. The summed E-state index contributed by atoms with van der Waals surface area (Å²) in [5, 5.41) is 12.2. The molecule has 0 spiro atoms. The third-order valence-corrected chi connectivity index (χ3v) is 14.2. The molecule has 0 fully saturated rings. The van der Waals surface area contributed by atoms with Crippen LogP contribution in [-0.2, 0) is 0 Å². The molecule has 0 bridgehead atoms. The Bertz CT molecular complexity index is 3800. The molecule has 13 aromatic rings. The molecule has 0 aliphatic rings. The molecule has 9 aromatic carbocycles. The number of hydrogen-bond acceptors (Lipinski definition) is 5. The van der Waals surface area contributed by atoms with Crippen LogP contribution in [0.5, 0.6) is 0 Å². The monoisotopic (exact) mass is 786 g/mol. The Kier molecular flexibility index (Phi) is 7.02. The molecule has 0 saturated heterocycles. The average molecular weight is 787 g/mol. The summed E-state index contributed by atoms with van der Waals surface area (Å²) in [6.45, 7) is 0. The van der Waals surface area contributed by atoms with Gasteiger partial charge in [0, 0.05) is 73.5 Å². The first-order chi connectivity index (χ1) is 29.2. The number of hydrogen-bond donors (Lipinski definition) is 0. The fourth-order valence-corrected chi connectivity index (χ4v) is 11.7. The molecule has 0 amide bonds. The second kappa shape index (κ2) is 12.6. The van der Waals surface area contributed by atoms with Crippen LogP contribution < -0.4 is 0 Å². The number of aromatic nitrogens is 4. The Balaban J connectivity index is 1.18. The Hall–Kier alpha value is -7.25. The van der Waals surface area contributed by atoms with Crippen molar-refractivity contribution in [2.75, 3.05) is 0 Å². The van der Waals surface area contributed by atoms with E-state index in [0.29, 0.717) is 17.5 Å². The quantitative estimate of drug-likeness (QED) is 0.167. The predicted octanol–water partition coefficient (Wildman–Crippen LogP) is 15.0. The van der Waals surface area contributed by atoms with Gasteiger partial charge in [0.2, 0.25) is 0 Å². The largest absolute Gasteiger partial charge is 0.309 e. The minimum Gasteiger partial charge on any atom is -0.309 e. The molecule has 0 N–H and O–H groups in total. The van der Waals surface area contributed by atoms with Gasteiger partial charge in [-0.25, -0.2) is 15.0 Å². The van der Waals surface area contributed by atoms with Gasteiger partial charge in [-0.05, 0) is 64.0 Å². The topological polar surface area (TPSA) is 43.6 Å².